The molecular formula is C16H23NO3. The molecule has 20 heavy (non-hydrogen) atoms. The third kappa shape index (κ3) is 5.03. The number of hydrogen-bond acceptors (Lipinski definition) is 2. The first-order chi connectivity index (χ1) is 9.20. The van der Waals surface area contributed by atoms with Gasteiger partial charge in [-0.25, -0.2) is 0 Å². The van der Waals surface area contributed by atoms with Crippen LogP contribution in [0.25, 0.3) is 0 Å². The molecular weight excluding hydrogens is 254 g/mol. The molecule has 0 spiro atoms. The van der Waals surface area contributed by atoms with Crippen LogP contribution in [-0.4, -0.2) is 34.0 Å². The summed E-state index contributed by atoms with van der Waals surface area (Å²) in [4.78, 5) is 24.7. The van der Waals surface area contributed by atoms with Gasteiger partial charge in [0.1, 0.15) is 0 Å². The van der Waals surface area contributed by atoms with Crippen LogP contribution in [0.1, 0.15) is 38.3 Å². The van der Waals surface area contributed by atoms with Crippen molar-refractivity contribution in [3.63, 3.8) is 0 Å². The maximum Gasteiger partial charge on any atom is 0.305 e. The minimum absolute atomic E-state index is 0.0308. The van der Waals surface area contributed by atoms with Crippen LogP contribution < -0.4 is 0 Å². The zero-order valence-corrected chi connectivity index (χ0v) is 12.6. The van der Waals surface area contributed by atoms with Crippen LogP contribution in [0, 0.1) is 6.92 Å². The molecule has 1 aromatic rings. The minimum atomic E-state index is -0.887. The molecule has 0 saturated carbocycles. The Morgan fingerprint density at radius 3 is 2.15 bits per heavy atom. The van der Waals surface area contributed by atoms with E-state index in [1.165, 1.54) is 0 Å². The van der Waals surface area contributed by atoms with Crippen molar-refractivity contribution in [1.29, 1.82) is 0 Å². The number of carbonyl (C=O) groups excluding carboxylic acids is 1. The van der Waals surface area contributed by atoms with Crippen molar-refractivity contribution < 1.29 is 14.7 Å². The number of benzene rings is 1. The van der Waals surface area contributed by atoms with E-state index < -0.39 is 5.97 Å². The van der Waals surface area contributed by atoms with Crippen molar-refractivity contribution >= 4 is 11.9 Å². The van der Waals surface area contributed by atoms with Crippen LogP contribution in [-0.2, 0) is 16.0 Å². The molecule has 1 aromatic carbocycles. The maximum absolute atomic E-state index is 12.4. The summed E-state index contributed by atoms with van der Waals surface area (Å²) in [6.07, 6.45) is 0.272. The number of nitrogens with zero attached hydrogens (tertiary/aromatic N) is 1. The van der Waals surface area contributed by atoms with Crippen molar-refractivity contribution in [2.45, 2.75) is 46.1 Å². The Morgan fingerprint density at radius 2 is 1.70 bits per heavy atom. The summed E-state index contributed by atoms with van der Waals surface area (Å²) >= 11 is 0. The molecule has 0 heterocycles. The van der Waals surface area contributed by atoms with Gasteiger partial charge in [0.15, 0.2) is 0 Å². The number of carboxylic acid groups (broad SMARTS) is 1. The average molecular weight is 277 g/mol. The predicted octanol–water partition coefficient (Wildman–Crippen LogP) is 2.64. The van der Waals surface area contributed by atoms with Gasteiger partial charge in [-0.15, -0.1) is 0 Å². The van der Waals surface area contributed by atoms with Crippen molar-refractivity contribution in [2.24, 2.45) is 0 Å². The van der Waals surface area contributed by atoms with E-state index in [0.717, 1.165) is 11.1 Å². The van der Waals surface area contributed by atoms with E-state index in [9.17, 15) is 9.59 Å². The third-order valence-electron chi connectivity index (χ3n) is 3.14. The predicted molar refractivity (Wildman–Crippen MR) is 78.6 cm³/mol. The topological polar surface area (TPSA) is 57.6 Å². The molecule has 0 atom stereocenters. The summed E-state index contributed by atoms with van der Waals surface area (Å²) in [6.45, 7) is 8.00. The van der Waals surface area contributed by atoms with Gasteiger partial charge in [-0.05, 0) is 33.3 Å². The molecule has 1 rings (SSSR count). The monoisotopic (exact) mass is 277 g/mol. The first kappa shape index (κ1) is 16.2. The molecule has 0 fully saturated rings. The lowest BCUT2D eigenvalue weighted by Gasteiger charge is -2.35. The molecule has 110 valence electrons. The highest BCUT2D eigenvalue weighted by molar-refractivity contribution is 5.80. The highest BCUT2D eigenvalue weighted by Crippen LogP contribution is 2.16. The number of hydrogen-bond donors (Lipinski definition) is 1. The van der Waals surface area contributed by atoms with Crippen molar-refractivity contribution in [3.8, 4) is 0 Å². The standard InChI is InChI=1S/C16H23NO3/c1-12-5-7-13(8-6-12)11-14(18)17(16(2,3)4)10-9-15(19)20/h5-8H,9-11H2,1-4H3,(H,19,20). The summed E-state index contributed by atoms with van der Waals surface area (Å²) in [5, 5.41) is 8.79. The van der Waals surface area contributed by atoms with E-state index in [1.807, 2.05) is 52.0 Å². The third-order valence-corrected chi connectivity index (χ3v) is 3.14. The largest absolute Gasteiger partial charge is 0.481 e. The summed E-state index contributed by atoms with van der Waals surface area (Å²) < 4.78 is 0. The van der Waals surface area contributed by atoms with E-state index in [4.69, 9.17) is 5.11 Å². The van der Waals surface area contributed by atoms with Gasteiger partial charge in [-0.3, -0.25) is 9.59 Å². The van der Waals surface area contributed by atoms with Crippen LogP contribution in [0.4, 0.5) is 0 Å². The average Bonchev–Trinajstić information content (AvgIpc) is 2.30. The van der Waals surface area contributed by atoms with Crippen molar-refractivity contribution in [3.05, 3.63) is 35.4 Å². The number of aryl methyl sites for hydroxylation is 1. The first-order valence-corrected chi connectivity index (χ1v) is 6.78. The molecule has 0 unspecified atom stereocenters. The van der Waals surface area contributed by atoms with E-state index in [2.05, 4.69) is 0 Å². The molecule has 1 N–H and O–H groups in total. The molecule has 0 radical (unpaired) electrons. The lowest BCUT2D eigenvalue weighted by Crippen LogP contribution is -2.47. The van der Waals surface area contributed by atoms with Gasteiger partial charge < -0.3 is 10.0 Å². The molecule has 0 aliphatic rings. The fourth-order valence-electron chi connectivity index (χ4n) is 2.02. The summed E-state index contributed by atoms with van der Waals surface area (Å²) in [5.74, 6) is -0.926. The lowest BCUT2D eigenvalue weighted by molar-refractivity contribution is -0.140. The van der Waals surface area contributed by atoms with Crippen LogP contribution in [0.15, 0.2) is 24.3 Å². The second-order valence-electron chi connectivity index (χ2n) is 6.02. The zero-order valence-electron chi connectivity index (χ0n) is 12.6. The van der Waals surface area contributed by atoms with Gasteiger partial charge in [0.25, 0.3) is 0 Å². The Kier molecular flexibility index (Phi) is 5.31. The smallest absolute Gasteiger partial charge is 0.305 e. The first-order valence-electron chi connectivity index (χ1n) is 6.78. The van der Waals surface area contributed by atoms with Gasteiger partial charge in [0.05, 0.1) is 12.8 Å². The molecule has 0 aliphatic carbocycles. The molecule has 4 heteroatoms. The SMILES string of the molecule is Cc1ccc(CC(=O)N(CCC(=O)O)C(C)(C)C)cc1. The van der Waals surface area contributed by atoms with E-state index in [1.54, 1.807) is 4.90 Å². The molecule has 1 amide bonds. The summed E-state index contributed by atoms with van der Waals surface area (Å²) in [6, 6.07) is 7.82. The molecule has 0 aromatic heterocycles. The van der Waals surface area contributed by atoms with E-state index in [-0.39, 0.29) is 24.4 Å². The number of carboxylic acids is 1. The Bertz CT molecular complexity index is 471. The number of aliphatic carboxylic acids is 1. The van der Waals surface area contributed by atoms with Crippen LogP contribution >= 0.6 is 0 Å². The Hall–Kier alpha value is -1.84. The van der Waals surface area contributed by atoms with Gasteiger partial charge in [-0.2, -0.15) is 0 Å². The van der Waals surface area contributed by atoms with Crippen LogP contribution in [0.5, 0.6) is 0 Å². The highest BCUT2D eigenvalue weighted by atomic mass is 16.4. The van der Waals surface area contributed by atoms with Gasteiger partial charge in [-0.1, -0.05) is 29.8 Å². The number of rotatable bonds is 5. The highest BCUT2D eigenvalue weighted by Gasteiger charge is 2.26. The Balaban J connectivity index is 2.77. The second kappa shape index (κ2) is 6.55. The van der Waals surface area contributed by atoms with E-state index in [0.29, 0.717) is 6.42 Å². The van der Waals surface area contributed by atoms with Gasteiger partial charge in [0.2, 0.25) is 5.91 Å². The van der Waals surface area contributed by atoms with Gasteiger partial charge in [0, 0.05) is 12.1 Å². The number of carbonyl (C=O) groups is 2. The van der Waals surface area contributed by atoms with Gasteiger partial charge >= 0.3 is 5.97 Å². The summed E-state index contributed by atoms with van der Waals surface area (Å²) in [7, 11) is 0. The van der Waals surface area contributed by atoms with Crippen LogP contribution in [0.3, 0.4) is 0 Å². The molecule has 0 bridgehead atoms. The second-order valence-corrected chi connectivity index (χ2v) is 6.02. The number of amides is 1. The molecule has 0 saturated heterocycles. The maximum atomic E-state index is 12.4. The lowest BCUT2D eigenvalue weighted by atomic mass is 10.0. The molecule has 4 nitrogen and oxygen atoms in total. The quantitative estimate of drug-likeness (QED) is 0.900. The van der Waals surface area contributed by atoms with Crippen molar-refractivity contribution in [1.82, 2.24) is 4.90 Å². The molecule has 0 aliphatic heterocycles. The van der Waals surface area contributed by atoms with Crippen LogP contribution in [0.2, 0.25) is 0 Å². The Morgan fingerprint density at radius 1 is 1.15 bits per heavy atom. The fraction of sp³-hybridized carbons (Fsp3) is 0.500. The Labute approximate surface area is 120 Å². The normalized spacial score (nSPS) is 11.2. The summed E-state index contributed by atoms with van der Waals surface area (Å²) in [5.41, 5.74) is 1.72. The minimum Gasteiger partial charge on any atom is -0.481 e. The zero-order chi connectivity index (χ0) is 15.3. The van der Waals surface area contributed by atoms with E-state index >= 15 is 0 Å². The fourth-order valence-corrected chi connectivity index (χ4v) is 2.02. The van der Waals surface area contributed by atoms with Crippen molar-refractivity contribution in [2.75, 3.05) is 6.54 Å².